The molecule has 2 saturated heterocycles. The van der Waals surface area contributed by atoms with Crippen molar-refractivity contribution < 1.29 is 4.74 Å². The monoisotopic (exact) mass is 462 g/mol. The smallest absolute Gasteiger partial charge is 0.318 e. The molecule has 0 radical (unpaired) electrons. The molecule has 2 fully saturated rings. The van der Waals surface area contributed by atoms with E-state index >= 15 is 0 Å². The maximum atomic E-state index is 6.26. The van der Waals surface area contributed by atoms with Gasteiger partial charge < -0.3 is 24.8 Å². The molecule has 0 aliphatic carbocycles. The summed E-state index contributed by atoms with van der Waals surface area (Å²) in [6.07, 6.45) is 6.38. The molecule has 2 aromatic heterocycles. The highest BCUT2D eigenvalue weighted by Crippen LogP contribution is 2.33. The number of anilines is 2. The molecule has 3 aliphatic heterocycles. The lowest BCUT2D eigenvalue weighted by atomic mass is 10.1. The van der Waals surface area contributed by atoms with Crippen LogP contribution in [0.25, 0.3) is 10.9 Å². The van der Waals surface area contributed by atoms with E-state index in [1.54, 1.807) is 0 Å². The van der Waals surface area contributed by atoms with Crippen molar-refractivity contribution in [1.82, 2.24) is 30.4 Å². The SMILES string of the molecule is CN1CCC[C@H]1COc1nc2c(c(N3CCNCC3)n1)CCCN(c1cccc3[nH]ncc13)C2. The number of aromatic nitrogens is 4. The van der Waals surface area contributed by atoms with Crippen molar-refractivity contribution in [2.24, 2.45) is 0 Å². The summed E-state index contributed by atoms with van der Waals surface area (Å²) in [5.41, 5.74) is 4.65. The number of rotatable bonds is 5. The van der Waals surface area contributed by atoms with E-state index in [4.69, 9.17) is 14.7 Å². The minimum atomic E-state index is 0.445. The van der Waals surface area contributed by atoms with Crippen molar-refractivity contribution in [3.8, 4) is 6.01 Å². The highest BCUT2D eigenvalue weighted by atomic mass is 16.5. The number of aromatic amines is 1. The fourth-order valence-corrected chi connectivity index (χ4v) is 5.59. The fraction of sp³-hybridized carbons (Fsp3) is 0.560. The Hall–Kier alpha value is -2.91. The van der Waals surface area contributed by atoms with Crippen molar-refractivity contribution in [3.05, 3.63) is 35.7 Å². The van der Waals surface area contributed by atoms with E-state index in [-0.39, 0.29) is 0 Å². The first kappa shape index (κ1) is 21.6. The van der Waals surface area contributed by atoms with Gasteiger partial charge in [-0.2, -0.15) is 15.1 Å². The molecule has 0 bridgehead atoms. The van der Waals surface area contributed by atoms with E-state index in [1.165, 1.54) is 24.1 Å². The third-order valence-electron chi connectivity index (χ3n) is 7.54. The molecule has 1 aromatic carbocycles. The first-order valence-corrected chi connectivity index (χ1v) is 12.6. The molecule has 0 unspecified atom stereocenters. The summed E-state index contributed by atoms with van der Waals surface area (Å²) < 4.78 is 6.26. The summed E-state index contributed by atoms with van der Waals surface area (Å²) in [6, 6.07) is 7.33. The van der Waals surface area contributed by atoms with Gasteiger partial charge in [0.2, 0.25) is 0 Å². The van der Waals surface area contributed by atoms with Gasteiger partial charge in [0, 0.05) is 55.4 Å². The number of hydrogen-bond donors (Lipinski definition) is 2. The van der Waals surface area contributed by atoms with Crippen LogP contribution in [0.5, 0.6) is 6.01 Å². The number of nitrogens with one attached hydrogen (secondary N) is 2. The number of likely N-dealkylation sites (N-methyl/N-ethyl adjacent to an activating group) is 1. The summed E-state index contributed by atoms with van der Waals surface area (Å²) in [7, 11) is 2.18. The van der Waals surface area contributed by atoms with Crippen LogP contribution in [-0.4, -0.2) is 84.0 Å². The lowest BCUT2D eigenvalue weighted by Crippen LogP contribution is -2.44. The Morgan fingerprint density at radius 1 is 1.06 bits per heavy atom. The van der Waals surface area contributed by atoms with E-state index in [2.05, 4.69) is 55.5 Å². The number of hydrogen-bond acceptors (Lipinski definition) is 8. The molecule has 0 spiro atoms. The van der Waals surface area contributed by atoms with Gasteiger partial charge in [0.15, 0.2) is 0 Å². The molecule has 3 aromatic rings. The average Bonchev–Trinajstić information content (AvgIpc) is 3.46. The Kier molecular flexibility index (Phi) is 5.97. The molecule has 34 heavy (non-hydrogen) atoms. The van der Waals surface area contributed by atoms with E-state index < -0.39 is 0 Å². The van der Waals surface area contributed by atoms with Gasteiger partial charge in [0.1, 0.15) is 12.4 Å². The number of fused-ring (bicyclic) bond motifs is 2. The lowest BCUT2D eigenvalue weighted by molar-refractivity contribution is 0.187. The number of nitrogens with zero attached hydrogens (tertiary/aromatic N) is 6. The number of H-pyrrole nitrogens is 1. The van der Waals surface area contributed by atoms with Gasteiger partial charge in [0.05, 0.1) is 24.0 Å². The minimum absolute atomic E-state index is 0.445. The zero-order valence-electron chi connectivity index (χ0n) is 20.0. The van der Waals surface area contributed by atoms with Crippen molar-refractivity contribution in [1.29, 1.82) is 0 Å². The Morgan fingerprint density at radius 3 is 2.82 bits per heavy atom. The van der Waals surface area contributed by atoms with Crippen LogP contribution < -0.4 is 19.9 Å². The van der Waals surface area contributed by atoms with E-state index in [0.29, 0.717) is 18.7 Å². The predicted octanol–water partition coefficient (Wildman–Crippen LogP) is 2.19. The Balaban J connectivity index is 1.34. The summed E-state index contributed by atoms with van der Waals surface area (Å²) in [5, 5.41) is 12.0. The molecule has 0 saturated carbocycles. The van der Waals surface area contributed by atoms with E-state index in [9.17, 15) is 0 Å². The van der Waals surface area contributed by atoms with Crippen molar-refractivity contribution in [2.75, 3.05) is 62.7 Å². The van der Waals surface area contributed by atoms with E-state index in [1.807, 2.05) is 6.20 Å². The first-order chi connectivity index (χ1) is 16.8. The van der Waals surface area contributed by atoms with Gasteiger partial charge in [-0.25, -0.2) is 0 Å². The predicted molar refractivity (Wildman–Crippen MR) is 134 cm³/mol. The van der Waals surface area contributed by atoms with Crippen LogP contribution in [0.15, 0.2) is 24.4 Å². The standard InChI is InChI=1S/C25H34N8O/c1-31-11-3-5-18(31)17-34-25-28-22-16-33(23-8-2-7-21-20(23)15-27-30-21)12-4-6-19(22)24(29-25)32-13-9-26-10-14-32/h2,7-8,15,18,26H,3-6,9-14,16-17H2,1H3,(H,27,30)/t18-/m0/s1. The molecular weight excluding hydrogens is 428 g/mol. The first-order valence-electron chi connectivity index (χ1n) is 12.6. The van der Waals surface area contributed by atoms with Gasteiger partial charge in [-0.1, -0.05) is 6.07 Å². The maximum absolute atomic E-state index is 6.26. The van der Waals surface area contributed by atoms with Gasteiger partial charge in [-0.3, -0.25) is 5.10 Å². The minimum Gasteiger partial charge on any atom is -0.462 e. The molecule has 2 N–H and O–H groups in total. The largest absolute Gasteiger partial charge is 0.462 e. The molecule has 6 rings (SSSR count). The molecule has 9 heteroatoms. The van der Waals surface area contributed by atoms with Gasteiger partial charge >= 0.3 is 6.01 Å². The van der Waals surface area contributed by atoms with Crippen LogP contribution in [0, 0.1) is 0 Å². The number of piperazine rings is 1. The third kappa shape index (κ3) is 4.18. The molecule has 1 atom stereocenters. The third-order valence-corrected chi connectivity index (χ3v) is 7.54. The maximum Gasteiger partial charge on any atom is 0.318 e. The zero-order chi connectivity index (χ0) is 22.9. The van der Waals surface area contributed by atoms with E-state index in [0.717, 1.165) is 81.1 Å². The Labute approximate surface area is 200 Å². The van der Waals surface area contributed by atoms with Crippen LogP contribution in [0.2, 0.25) is 0 Å². The quantitative estimate of drug-likeness (QED) is 0.597. The molecule has 0 amide bonds. The molecule has 5 heterocycles. The number of benzene rings is 1. The summed E-state index contributed by atoms with van der Waals surface area (Å²) in [5.74, 6) is 1.07. The molecule has 3 aliphatic rings. The topological polar surface area (TPSA) is 85.4 Å². The highest BCUT2D eigenvalue weighted by molar-refractivity contribution is 5.91. The van der Waals surface area contributed by atoms with Crippen LogP contribution in [-0.2, 0) is 13.0 Å². The molecule has 9 nitrogen and oxygen atoms in total. The number of likely N-dealkylation sites (tertiary alicyclic amines) is 1. The summed E-state index contributed by atoms with van der Waals surface area (Å²) in [6.45, 7) is 7.41. The van der Waals surface area contributed by atoms with Gasteiger partial charge in [0.25, 0.3) is 0 Å². The van der Waals surface area contributed by atoms with Crippen LogP contribution in [0.1, 0.15) is 30.5 Å². The fourth-order valence-electron chi connectivity index (χ4n) is 5.59. The van der Waals surface area contributed by atoms with Crippen LogP contribution in [0.4, 0.5) is 11.5 Å². The van der Waals surface area contributed by atoms with Crippen molar-refractivity contribution >= 4 is 22.4 Å². The zero-order valence-corrected chi connectivity index (χ0v) is 20.0. The van der Waals surface area contributed by atoms with Crippen molar-refractivity contribution in [3.63, 3.8) is 0 Å². The summed E-state index contributed by atoms with van der Waals surface area (Å²) >= 11 is 0. The second kappa shape index (κ2) is 9.38. The highest BCUT2D eigenvalue weighted by Gasteiger charge is 2.27. The second-order valence-corrected chi connectivity index (χ2v) is 9.71. The molecule has 180 valence electrons. The summed E-state index contributed by atoms with van der Waals surface area (Å²) in [4.78, 5) is 17.2. The lowest BCUT2D eigenvalue weighted by Gasteiger charge is -2.31. The van der Waals surface area contributed by atoms with Crippen LogP contribution in [0.3, 0.4) is 0 Å². The van der Waals surface area contributed by atoms with Gasteiger partial charge in [-0.05, 0) is 51.4 Å². The Bertz CT molecular complexity index is 1140. The van der Waals surface area contributed by atoms with Gasteiger partial charge in [-0.15, -0.1) is 0 Å². The molecular formula is C25H34N8O. The normalized spacial score (nSPS) is 21.6. The number of ether oxygens (including phenoxy) is 1. The average molecular weight is 463 g/mol. The van der Waals surface area contributed by atoms with Crippen molar-refractivity contribution in [2.45, 2.75) is 38.3 Å². The second-order valence-electron chi connectivity index (χ2n) is 9.71. The van der Waals surface area contributed by atoms with Crippen LogP contribution >= 0.6 is 0 Å². The Morgan fingerprint density at radius 2 is 1.97 bits per heavy atom.